The first-order valence-electron chi connectivity index (χ1n) is 5.68. The minimum Gasteiger partial charge on any atom is -0.346 e. The Bertz CT molecular complexity index is 576. The number of fused-ring (bicyclic) bond motifs is 1. The van der Waals surface area contributed by atoms with Gasteiger partial charge in [-0.15, -0.1) is 0 Å². The van der Waals surface area contributed by atoms with Crippen molar-refractivity contribution in [2.75, 3.05) is 0 Å². The van der Waals surface area contributed by atoms with E-state index in [2.05, 4.69) is 5.32 Å². The number of hydrogen-bond acceptors (Lipinski definition) is 1. The topological polar surface area (TPSA) is 29.1 Å². The summed E-state index contributed by atoms with van der Waals surface area (Å²) in [6.07, 6.45) is -0.426. The third kappa shape index (κ3) is 1.88. The lowest BCUT2D eigenvalue weighted by atomic mass is 10.0. The van der Waals surface area contributed by atoms with Crippen molar-refractivity contribution in [1.29, 1.82) is 0 Å². The number of rotatable bonds is 2. The Morgan fingerprint density at radius 3 is 2.65 bits per heavy atom. The van der Waals surface area contributed by atoms with Gasteiger partial charge in [-0.25, -0.2) is 4.39 Å². The molecule has 1 saturated carbocycles. The van der Waals surface area contributed by atoms with Gasteiger partial charge in [0.25, 0.3) is 5.91 Å². The molecule has 0 saturated heterocycles. The Labute approximate surface area is 98.4 Å². The number of amides is 1. The zero-order valence-electron chi connectivity index (χ0n) is 9.19. The molecular formula is C14H12FNO. The molecule has 1 amide bonds. The molecule has 0 unspecified atom stereocenters. The summed E-state index contributed by atoms with van der Waals surface area (Å²) in [5.41, 5.74) is 0.613. The van der Waals surface area contributed by atoms with Crippen LogP contribution in [0.1, 0.15) is 16.8 Å². The van der Waals surface area contributed by atoms with Gasteiger partial charge in [0.2, 0.25) is 0 Å². The van der Waals surface area contributed by atoms with Crippen LogP contribution in [0, 0.1) is 0 Å². The number of benzene rings is 2. The molecule has 2 aromatic carbocycles. The smallest absolute Gasteiger partial charge is 0.252 e. The molecule has 3 rings (SSSR count). The van der Waals surface area contributed by atoms with Crippen molar-refractivity contribution in [2.24, 2.45) is 0 Å². The van der Waals surface area contributed by atoms with Crippen molar-refractivity contribution < 1.29 is 9.18 Å². The molecule has 17 heavy (non-hydrogen) atoms. The third-order valence-corrected chi connectivity index (χ3v) is 3.06. The van der Waals surface area contributed by atoms with E-state index in [-0.39, 0.29) is 11.9 Å². The normalized spacial score (nSPS) is 22.4. The lowest BCUT2D eigenvalue weighted by Crippen LogP contribution is -2.27. The molecule has 2 aromatic rings. The first-order valence-corrected chi connectivity index (χ1v) is 5.68. The van der Waals surface area contributed by atoms with Crippen LogP contribution in [0.3, 0.4) is 0 Å². The fraction of sp³-hybridized carbons (Fsp3) is 0.214. The highest BCUT2D eigenvalue weighted by Gasteiger charge is 2.38. The van der Waals surface area contributed by atoms with E-state index in [1.165, 1.54) is 0 Å². The van der Waals surface area contributed by atoms with Gasteiger partial charge in [-0.1, -0.05) is 36.4 Å². The Balaban J connectivity index is 1.96. The van der Waals surface area contributed by atoms with E-state index in [0.29, 0.717) is 12.0 Å². The molecular weight excluding hydrogens is 217 g/mol. The Morgan fingerprint density at radius 1 is 1.18 bits per heavy atom. The average Bonchev–Trinajstić information content (AvgIpc) is 3.04. The quantitative estimate of drug-likeness (QED) is 0.842. The van der Waals surface area contributed by atoms with Gasteiger partial charge in [0.05, 0.1) is 6.04 Å². The second kappa shape index (κ2) is 3.84. The van der Waals surface area contributed by atoms with E-state index in [1.807, 2.05) is 36.4 Å². The lowest BCUT2D eigenvalue weighted by molar-refractivity contribution is 0.0949. The molecule has 2 nitrogen and oxygen atoms in total. The van der Waals surface area contributed by atoms with Crippen molar-refractivity contribution >= 4 is 16.7 Å². The molecule has 2 atom stereocenters. The van der Waals surface area contributed by atoms with Crippen LogP contribution in [-0.2, 0) is 0 Å². The van der Waals surface area contributed by atoms with Crippen LogP contribution in [0.4, 0.5) is 4.39 Å². The molecule has 1 N–H and O–H groups in total. The summed E-state index contributed by atoms with van der Waals surface area (Å²) in [4.78, 5) is 12.0. The van der Waals surface area contributed by atoms with Crippen LogP contribution in [0.2, 0.25) is 0 Å². The Morgan fingerprint density at radius 2 is 1.88 bits per heavy atom. The van der Waals surface area contributed by atoms with Gasteiger partial charge in [0.1, 0.15) is 6.17 Å². The Hall–Kier alpha value is -1.90. The van der Waals surface area contributed by atoms with Gasteiger partial charge in [-0.05, 0) is 16.8 Å². The fourth-order valence-corrected chi connectivity index (χ4v) is 1.98. The second-order valence-corrected chi connectivity index (χ2v) is 4.36. The van der Waals surface area contributed by atoms with Crippen molar-refractivity contribution in [3.63, 3.8) is 0 Å². The van der Waals surface area contributed by atoms with Crippen molar-refractivity contribution in [2.45, 2.75) is 18.6 Å². The summed E-state index contributed by atoms with van der Waals surface area (Å²) in [6.45, 7) is 0. The molecule has 86 valence electrons. The predicted molar refractivity (Wildman–Crippen MR) is 64.7 cm³/mol. The molecule has 0 radical (unpaired) electrons. The van der Waals surface area contributed by atoms with Crippen LogP contribution in [0.15, 0.2) is 42.5 Å². The summed E-state index contributed by atoms with van der Waals surface area (Å²) >= 11 is 0. The summed E-state index contributed by atoms with van der Waals surface area (Å²) < 4.78 is 12.8. The van der Waals surface area contributed by atoms with Crippen LogP contribution >= 0.6 is 0 Å². The predicted octanol–water partition coefficient (Wildman–Crippen LogP) is 2.68. The van der Waals surface area contributed by atoms with Crippen molar-refractivity contribution in [1.82, 2.24) is 5.32 Å². The minimum atomic E-state index is -0.867. The van der Waals surface area contributed by atoms with E-state index >= 15 is 0 Å². The monoisotopic (exact) mass is 229 g/mol. The van der Waals surface area contributed by atoms with Gasteiger partial charge < -0.3 is 5.32 Å². The number of carbonyl (C=O) groups is 1. The average molecular weight is 229 g/mol. The standard InChI is InChI=1S/C14H12FNO/c15-12-8-13(12)16-14(17)11-7-3-5-9-4-1-2-6-10(9)11/h1-7,12-13H,8H2,(H,16,17)/t12-,13+/m0/s1. The zero-order chi connectivity index (χ0) is 11.8. The SMILES string of the molecule is O=C(N[C@@H]1C[C@@H]1F)c1cccc2ccccc12. The molecule has 1 aliphatic rings. The van der Waals surface area contributed by atoms with Gasteiger partial charge in [-0.2, -0.15) is 0 Å². The highest BCUT2D eigenvalue weighted by atomic mass is 19.1. The molecule has 1 aliphatic carbocycles. The van der Waals surface area contributed by atoms with E-state index in [4.69, 9.17) is 0 Å². The van der Waals surface area contributed by atoms with Gasteiger partial charge in [0, 0.05) is 12.0 Å². The number of halogens is 1. The molecule has 0 aromatic heterocycles. The molecule has 0 spiro atoms. The highest BCUT2D eigenvalue weighted by Crippen LogP contribution is 2.26. The van der Waals surface area contributed by atoms with Crippen LogP contribution in [0.5, 0.6) is 0 Å². The summed E-state index contributed by atoms with van der Waals surface area (Å²) in [6, 6.07) is 13.0. The maximum Gasteiger partial charge on any atom is 0.252 e. The number of alkyl halides is 1. The van der Waals surface area contributed by atoms with Crippen LogP contribution in [0.25, 0.3) is 10.8 Å². The van der Waals surface area contributed by atoms with E-state index in [0.717, 1.165) is 10.8 Å². The largest absolute Gasteiger partial charge is 0.346 e. The maximum absolute atomic E-state index is 12.8. The van der Waals surface area contributed by atoms with Gasteiger partial charge in [0.15, 0.2) is 0 Å². The Kier molecular flexibility index (Phi) is 2.32. The molecule has 0 aliphatic heterocycles. The molecule has 0 heterocycles. The van der Waals surface area contributed by atoms with Crippen molar-refractivity contribution in [3.05, 3.63) is 48.0 Å². The summed E-state index contributed by atoms with van der Waals surface area (Å²) in [5.74, 6) is -0.188. The van der Waals surface area contributed by atoms with E-state index < -0.39 is 6.17 Å². The number of carbonyl (C=O) groups excluding carboxylic acids is 1. The van der Waals surface area contributed by atoms with Gasteiger partial charge >= 0.3 is 0 Å². The van der Waals surface area contributed by atoms with Crippen molar-refractivity contribution in [3.8, 4) is 0 Å². The maximum atomic E-state index is 12.8. The fourth-order valence-electron chi connectivity index (χ4n) is 1.98. The van der Waals surface area contributed by atoms with Gasteiger partial charge in [-0.3, -0.25) is 4.79 Å². The van der Waals surface area contributed by atoms with Crippen LogP contribution < -0.4 is 5.32 Å². The zero-order valence-corrected chi connectivity index (χ0v) is 9.19. The minimum absolute atomic E-state index is 0.188. The summed E-state index contributed by atoms with van der Waals surface area (Å²) in [7, 11) is 0. The number of hydrogen-bond donors (Lipinski definition) is 1. The van der Waals surface area contributed by atoms with E-state index in [9.17, 15) is 9.18 Å². The summed E-state index contributed by atoms with van der Waals surface area (Å²) in [5, 5.41) is 4.63. The second-order valence-electron chi connectivity index (χ2n) is 4.36. The highest BCUT2D eigenvalue weighted by molar-refractivity contribution is 6.07. The molecule has 3 heteroatoms. The first kappa shape index (κ1) is 10.3. The van der Waals surface area contributed by atoms with E-state index in [1.54, 1.807) is 6.07 Å². The van der Waals surface area contributed by atoms with Crippen LogP contribution in [-0.4, -0.2) is 18.1 Å². The first-order chi connectivity index (χ1) is 8.25. The number of nitrogens with one attached hydrogen (secondary N) is 1. The lowest BCUT2D eigenvalue weighted by Gasteiger charge is -2.06. The molecule has 1 fully saturated rings. The third-order valence-electron chi connectivity index (χ3n) is 3.06. The molecule has 0 bridgehead atoms.